The molecule has 5 heteroatoms. The second-order valence-corrected chi connectivity index (χ2v) is 7.66. The van der Waals surface area contributed by atoms with E-state index in [-0.39, 0.29) is 5.91 Å². The molecule has 3 rings (SSSR count). The van der Waals surface area contributed by atoms with Crippen molar-refractivity contribution < 1.29 is 4.79 Å². The van der Waals surface area contributed by atoms with Crippen LogP contribution in [-0.2, 0) is 6.54 Å². The third-order valence-corrected chi connectivity index (χ3v) is 5.69. The van der Waals surface area contributed by atoms with Crippen molar-refractivity contribution in [3.05, 3.63) is 51.5 Å². The molecule has 1 amide bonds. The monoisotopic (exact) mass is 343 g/mol. The molecule has 2 aromatic rings. The summed E-state index contributed by atoms with van der Waals surface area (Å²) in [7, 11) is 1.86. The molecular formula is C19H25N3OS. The van der Waals surface area contributed by atoms with Gasteiger partial charge in [-0.25, -0.2) is 4.98 Å². The zero-order valence-corrected chi connectivity index (χ0v) is 15.4. The van der Waals surface area contributed by atoms with Crippen LogP contribution in [0, 0.1) is 0 Å². The number of carbonyl (C=O) groups excluding carboxylic acids is 1. The van der Waals surface area contributed by atoms with E-state index >= 15 is 0 Å². The minimum Gasteiger partial charge on any atom is -0.336 e. The molecule has 0 saturated carbocycles. The molecular weight excluding hydrogens is 318 g/mol. The zero-order chi connectivity index (χ0) is 17.1. The Balaban J connectivity index is 1.75. The minimum atomic E-state index is 0.0802. The fourth-order valence-electron chi connectivity index (χ4n) is 3.15. The molecule has 1 atom stereocenters. The Morgan fingerprint density at radius 3 is 2.88 bits per heavy atom. The number of nitrogens with zero attached hydrogens (tertiary/aromatic N) is 2. The Bertz CT molecular complexity index is 704. The lowest BCUT2D eigenvalue weighted by Crippen LogP contribution is -2.28. The summed E-state index contributed by atoms with van der Waals surface area (Å²) >= 11 is 1.67. The molecule has 1 aliphatic heterocycles. The Morgan fingerprint density at radius 1 is 1.42 bits per heavy atom. The van der Waals surface area contributed by atoms with Gasteiger partial charge in [0, 0.05) is 30.5 Å². The molecule has 0 radical (unpaired) electrons. The highest BCUT2D eigenvalue weighted by Crippen LogP contribution is 2.27. The summed E-state index contributed by atoms with van der Waals surface area (Å²) in [5, 5.41) is 6.58. The number of carbonyl (C=O) groups is 1. The predicted octanol–water partition coefficient (Wildman–Crippen LogP) is 3.62. The van der Waals surface area contributed by atoms with Gasteiger partial charge >= 0.3 is 0 Å². The fourth-order valence-corrected chi connectivity index (χ4v) is 3.97. The van der Waals surface area contributed by atoms with E-state index < -0.39 is 0 Å². The fraction of sp³-hybridized carbons (Fsp3) is 0.474. The van der Waals surface area contributed by atoms with Crippen LogP contribution in [0.2, 0.25) is 0 Å². The number of amides is 1. The van der Waals surface area contributed by atoms with Crippen LogP contribution < -0.4 is 5.32 Å². The molecule has 1 N–H and O–H groups in total. The van der Waals surface area contributed by atoms with E-state index in [9.17, 15) is 4.79 Å². The van der Waals surface area contributed by atoms with Crippen LogP contribution >= 0.6 is 11.3 Å². The maximum absolute atomic E-state index is 12.9. The van der Waals surface area contributed by atoms with Crippen molar-refractivity contribution in [2.24, 2.45) is 0 Å². The number of hydrogen-bond acceptors (Lipinski definition) is 4. The third kappa shape index (κ3) is 3.68. The Kier molecular flexibility index (Phi) is 5.31. The standard InChI is InChI=1S/C19H25N3OS/c1-13(2)18-21-15(12-24-18)11-22(3)19(23)17-7-5-4-6-16(17)14-8-9-20-10-14/h4-7,12-14,20H,8-11H2,1-3H3. The largest absolute Gasteiger partial charge is 0.336 e. The van der Waals surface area contributed by atoms with Gasteiger partial charge in [0.2, 0.25) is 0 Å². The Morgan fingerprint density at radius 2 is 2.21 bits per heavy atom. The number of nitrogens with one attached hydrogen (secondary N) is 1. The van der Waals surface area contributed by atoms with Gasteiger partial charge < -0.3 is 10.2 Å². The predicted molar refractivity (Wildman–Crippen MR) is 98.7 cm³/mol. The van der Waals surface area contributed by atoms with Gasteiger partial charge in [0.1, 0.15) is 0 Å². The summed E-state index contributed by atoms with van der Waals surface area (Å²) in [4.78, 5) is 19.4. The molecule has 1 saturated heterocycles. The summed E-state index contributed by atoms with van der Waals surface area (Å²) in [5.74, 6) is 0.947. The van der Waals surface area contributed by atoms with E-state index in [1.54, 1.807) is 16.2 Å². The van der Waals surface area contributed by atoms with Gasteiger partial charge in [-0.15, -0.1) is 11.3 Å². The van der Waals surface area contributed by atoms with E-state index in [4.69, 9.17) is 0 Å². The second kappa shape index (κ2) is 7.45. The highest BCUT2D eigenvalue weighted by atomic mass is 32.1. The Hall–Kier alpha value is -1.72. The molecule has 4 nitrogen and oxygen atoms in total. The number of benzene rings is 1. The highest BCUT2D eigenvalue weighted by molar-refractivity contribution is 7.09. The van der Waals surface area contributed by atoms with E-state index in [2.05, 4.69) is 35.6 Å². The first-order valence-corrected chi connectivity index (χ1v) is 9.43. The zero-order valence-electron chi connectivity index (χ0n) is 14.6. The molecule has 1 unspecified atom stereocenters. The van der Waals surface area contributed by atoms with Crippen molar-refractivity contribution >= 4 is 17.2 Å². The van der Waals surface area contributed by atoms with Gasteiger partial charge in [0.25, 0.3) is 5.91 Å². The lowest BCUT2D eigenvalue weighted by molar-refractivity contribution is 0.0782. The number of aromatic nitrogens is 1. The molecule has 128 valence electrons. The van der Waals surface area contributed by atoms with Crippen molar-refractivity contribution in [3.63, 3.8) is 0 Å². The van der Waals surface area contributed by atoms with Crippen molar-refractivity contribution in [3.8, 4) is 0 Å². The first kappa shape index (κ1) is 17.1. The number of hydrogen-bond donors (Lipinski definition) is 1. The quantitative estimate of drug-likeness (QED) is 0.902. The molecule has 1 aromatic carbocycles. The second-order valence-electron chi connectivity index (χ2n) is 6.77. The first-order valence-electron chi connectivity index (χ1n) is 8.55. The molecule has 2 heterocycles. The van der Waals surface area contributed by atoms with Crippen LogP contribution in [0.4, 0.5) is 0 Å². The molecule has 0 bridgehead atoms. The first-order chi connectivity index (χ1) is 11.6. The summed E-state index contributed by atoms with van der Waals surface area (Å²) in [6.07, 6.45) is 1.10. The van der Waals surface area contributed by atoms with Gasteiger partial charge in [-0.2, -0.15) is 0 Å². The topological polar surface area (TPSA) is 45.2 Å². The maximum Gasteiger partial charge on any atom is 0.254 e. The summed E-state index contributed by atoms with van der Waals surface area (Å²) < 4.78 is 0. The average molecular weight is 343 g/mol. The van der Waals surface area contributed by atoms with Gasteiger partial charge in [-0.05, 0) is 30.5 Å². The van der Waals surface area contributed by atoms with Crippen molar-refractivity contribution in [1.29, 1.82) is 0 Å². The van der Waals surface area contributed by atoms with Crippen LogP contribution in [0.5, 0.6) is 0 Å². The van der Waals surface area contributed by atoms with Gasteiger partial charge in [-0.3, -0.25) is 4.79 Å². The highest BCUT2D eigenvalue weighted by Gasteiger charge is 2.24. The van der Waals surface area contributed by atoms with Crippen molar-refractivity contribution in [2.45, 2.75) is 38.6 Å². The lowest BCUT2D eigenvalue weighted by atomic mass is 9.93. The van der Waals surface area contributed by atoms with Gasteiger partial charge in [0.15, 0.2) is 0 Å². The van der Waals surface area contributed by atoms with Crippen LogP contribution in [-0.4, -0.2) is 35.9 Å². The molecule has 1 fully saturated rings. The van der Waals surface area contributed by atoms with Crippen molar-refractivity contribution in [2.75, 3.05) is 20.1 Å². The van der Waals surface area contributed by atoms with E-state index in [0.29, 0.717) is 18.4 Å². The van der Waals surface area contributed by atoms with E-state index in [1.807, 2.05) is 25.2 Å². The average Bonchev–Trinajstić information content (AvgIpc) is 3.25. The normalized spacial score (nSPS) is 17.4. The summed E-state index contributed by atoms with van der Waals surface area (Å²) in [5.41, 5.74) is 2.97. The van der Waals surface area contributed by atoms with E-state index in [1.165, 1.54) is 5.56 Å². The van der Waals surface area contributed by atoms with Crippen LogP contribution in [0.25, 0.3) is 0 Å². The van der Waals surface area contributed by atoms with Gasteiger partial charge in [-0.1, -0.05) is 32.0 Å². The number of thiazole rings is 1. The van der Waals surface area contributed by atoms with Crippen LogP contribution in [0.1, 0.15) is 58.7 Å². The van der Waals surface area contributed by atoms with Crippen LogP contribution in [0.15, 0.2) is 29.6 Å². The minimum absolute atomic E-state index is 0.0802. The molecule has 1 aromatic heterocycles. The third-order valence-electron chi connectivity index (χ3n) is 4.50. The molecule has 24 heavy (non-hydrogen) atoms. The smallest absolute Gasteiger partial charge is 0.254 e. The van der Waals surface area contributed by atoms with Gasteiger partial charge in [0.05, 0.1) is 17.2 Å². The molecule has 1 aliphatic rings. The maximum atomic E-state index is 12.9. The van der Waals surface area contributed by atoms with E-state index in [0.717, 1.165) is 35.8 Å². The summed E-state index contributed by atoms with van der Waals surface area (Å²) in [6, 6.07) is 8.03. The lowest BCUT2D eigenvalue weighted by Gasteiger charge is -2.20. The number of rotatable bonds is 5. The molecule has 0 spiro atoms. The SMILES string of the molecule is CC(C)c1nc(CN(C)C(=O)c2ccccc2C2CCNC2)cs1. The van der Waals surface area contributed by atoms with Crippen LogP contribution in [0.3, 0.4) is 0 Å². The Labute approximate surface area is 147 Å². The molecule has 0 aliphatic carbocycles. The summed E-state index contributed by atoms with van der Waals surface area (Å²) in [6.45, 7) is 6.82. The van der Waals surface area contributed by atoms with Crippen molar-refractivity contribution in [1.82, 2.24) is 15.2 Å².